The van der Waals surface area contributed by atoms with Crippen molar-refractivity contribution in [2.45, 2.75) is 32.8 Å². The zero-order valence-corrected chi connectivity index (χ0v) is 10.3. The Kier molecular flexibility index (Phi) is 4.17. The maximum absolute atomic E-state index is 11.4. The third-order valence-corrected chi connectivity index (χ3v) is 2.22. The van der Waals surface area contributed by atoms with Crippen LogP contribution in [0.4, 0.5) is 4.79 Å². The molecule has 0 radical (unpaired) electrons. The fourth-order valence-electron chi connectivity index (χ4n) is 1.15. The lowest BCUT2D eigenvalue weighted by Crippen LogP contribution is -2.27. The van der Waals surface area contributed by atoms with Crippen LogP contribution >= 0.6 is 0 Å². The second kappa shape index (κ2) is 5.40. The minimum Gasteiger partial charge on any atom is -0.415 e. The van der Waals surface area contributed by atoms with Crippen LogP contribution in [0.3, 0.4) is 0 Å². The van der Waals surface area contributed by atoms with Gasteiger partial charge in [0.1, 0.15) is 5.75 Å². The van der Waals surface area contributed by atoms with E-state index in [1.165, 1.54) is 5.56 Å². The van der Waals surface area contributed by atoms with Gasteiger partial charge in [0.25, 0.3) is 0 Å². The van der Waals surface area contributed by atoms with Gasteiger partial charge < -0.3 is 9.47 Å². The van der Waals surface area contributed by atoms with Crippen molar-refractivity contribution in [3.8, 4) is 18.1 Å². The molecule has 0 saturated heterocycles. The second-order valence-corrected chi connectivity index (χ2v) is 4.11. The zero-order chi connectivity index (χ0) is 12.9. The lowest BCUT2D eigenvalue weighted by atomic mass is 10.1. The van der Waals surface area contributed by atoms with Crippen molar-refractivity contribution < 1.29 is 14.3 Å². The first kappa shape index (κ1) is 13.1. The van der Waals surface area contributed by atoms with Crippen LogP contribution in [0.25, 0.3) is 0 Å². The van der Waals surface area contributed by atoms with E-state index in [0.717, 1.165) is 6.42 Å². The lowest BCUT2D eigenvalue weighted by molar-refractivity contribution is 0.0418. The van der Waals surface area contributed by atoms with Crippen molar-refractivity contribution in [3.63, 3.8) is 0 Å². The lowest BCUT2D eigenvalue weighted by Gasteiger charge is -2.17. The summed E-state index contributed by atoms with van der Waals surface area (Å²) in [5.74, 6) is 2.80. The van der Waals surface area contributed by atoms with Gasteiger partial charge in [0, 0.05) is 0 Å². The van der Waals surface area contributed by atoms with Crippen LogP contribution in [0.15, 0.2) is 24.3 Å². The molecule has 0 spiro atoms. The Morgan fingerprint density at radius 1 is 1.35 bits per heavy atom. The van der Waals surface area contributed by atoms with Gasteiger partial charge in [-0.15, -0.1) is 6.42 Å². The highest BCUT2D eigenvalue weighted by molar-refractivity contribution is 5.64. The summed E-state index contributed by atoms with van der Waals surface area (Å²) in [7, 11) is 0. The maximum atomic E-state index is 11.4. The molecular weight excluding hydrogens is 216 g/mol. The van der Waals surface area contributed by atoms with Gasteiger partial charge in [0.15, 0.2) is 5.60 Å². The molecule has 0 unspecified atom stereocenters. The number of hydrogen-bond donors (Lipinski definition) is 0. The minimum absolute atomic E-state index is 0.444. The average Bonchev–Trinajstić information content (AvgIpc) is 2.29. The van der Waals surface area contributed by atoms with E-state index in [0.29, 0.717) is 5.75 Å². The quantitative estimate of drug-likeness (QED) is 0.456. The van der Waals surface area contributed by atoms with Gasteiger partial charge in [-0.1, -0.05) is 25.0 Å². The van der Waals surface area contributed by atoms with Crippen LogP contribution in [0.2, 0.25) is 0 Å². The predicted molar refractivity (Wildman–Crippen MR) is 65.8 cm³/mol. The van der Waals surface area contributed by atoms with E-state index in [1.54, 1.807) is 26.0 Å². The van der Waals surface area contributed by atoms with Gasteiger partial charge in [0.2, 0.25) is 0 Å². The second-order valence-electron chi connectivity index (χ2n) is 4.11. The van der Waals surface area contributed by atoms with Crippen LogP contribution in [0.5, 0.6) is 5.75 Å². The number of benzene rings is 1. The molecule has 0 aliphatic rings. The highest BCUT2D eigenvalue weighted by Crippen LogP contribution is 2.15. The van der Waals surface area contributed by atoms with E-state index >= 15 is 0 Å². The molecule has 90 valence electrons. The van der Waals surface area contributed by atoms with Gasteiger partial charge in [-0.3, -0.25) is 0 Å². The molecule has 1 aromatic rings. The molecule has 0 aliphatic heterocycles. The van der Waals surface area contributed by atoms with Crippen LogP contribution in [-0.4, -0.2) is 11.8 Å². The highest BCUT2D eigenvalue weighted by Gasteiger charge is 2.20. The topological polar surface area (TPSA) is 35.5 Å². The van der Waals surface area contributed by atoms with Crippen LogP contribution in [-0.2, 0) is 11.2 Å². The predicted octanol–water partition coefficient (Wildman–Crippen LogP) is 3.18. The molecular formula is C14H16O3. The average molecular weight is 232 g/mol. The van der Waals surface area contributed by atoms with E-state index in [1.807, 2.05) is 12.1 Å². The molecule has 0 fully saturated rings. The van der Waals surface area contributed by atoms with E-state index in [4.69, 9.17) is 15.9 Å². The van der Waals surface area contributed by atoms with Gasteiger partial charge >= 0.3 is 6.16 Å². The number of aryl methyl sites for hydroxylation is 1. The van der Waals surface area contributed by atoms with Gasteiger partial charge in [-0.25, -0.2) is 4.79 Å². The van der Waals surface area contributed by atoms with Gasteiger partial charge in [-0.05, 0) is 38.0 Å². The number of terminal acetylenes is 1. The first-order chi connectivity index (χ1) is 7.96. The third kappa shape index (κ3) is 4.20. The van der Waals surface area contributed by atoms with E-state index in [2.05, 4.69) is 12.8 Å². The fourth-order valence-corrected chi connectivity index (χ4v) is 1.15. The Bertz CT molecular complexity index is 424. The SMILES string of the molecule is C#CC(C)(C)OC(=O)Oc1ccc(CC)cc1. The summed E-state index contributed by atoms with van der Waals surface area (Å²) in [4.78, 5) is 11.4. The molecule has 0 heterocycles. The summed E-state index contributed by atoms with van der Waals surface area (Å²) in [6, 6.07) is 7.25. The summed E-state index contributed by atoms with van der Waals surface area (Å²) >= 11 is 0. The number of carbonyl (C=O) groups is 1. The largest absolute Gasteiger partial charge is 0.515 e. The Morgan fingerprint density at radius 3 is 2.41 bits per heavy atom. The summed E-state index contributed by atoms with van der Waals surface area (Å²) in [5, 5.41) is 0. The van der Waals surface area contributed by atoms with Crippen molar-refractivity contribution in [3.05, 3.63) is 29.8 Å². The highest BCUT2D eigenvalue weighted by atomic mass is 16.7. The van der Waals surface area contributed by atoms with Gasteiger partial charge in [0.05, 0.1) is 0 Å². The summed E-state index contributed by atoms with van der Waals surface area (Å²) in [6.45, 7) is 5.29. The van der Waals surface area contributed by atoms with Crippen molar-refractivity contribution in [2.24, 2.45) is 0 Å². The Balaban J connectivity index is 2.60. The van der Waals surface area contributed by atoms with Crippen LogP contribution < -0.4 is 4.74 Å². The van der Waals surface area contributed by atoms with Crippen molar-refractivity contribution >= 4 is 6.16 Å². The monoisotopic (exact) mass is 232 g/mol. The minimum atomic E-state index is -0.958. The van der Waals surface area contributed by atoms with Crippen LogP contribution in [0, 0.1) is 12.3 Å². The molecule has 0 bridgehead atoms. The molecule has 0 atom stereocenters. The molecule has 17 heavy (non-hydrogen) atoms. The molecule has 0 amide bonds. The number of carbonyl (C=O) groups excluding carboxylic acids is 1. The Labute approximate surface area is 102 Å². The van der Waals surface area contributed by atoms with E-state index in [9.17, 15) is 4.79 Å². The summed E-state index contributed by atoms with van der Waals surface area (Å²) in [5.41, 5.74) is 0.218. The fraction of sp³-hybridized carbons (Fsp3) is 0.357. The van der Waals surface area contributed by atoms with Crippen molar-refractivity contribution in [1.82, 2.24) is 0 Å². The molecule has 3 nitrogen and oxygen atoms in total. The molecule has 0 aliphatic carbocycles. The maximum Gasteiger partial charge on any atom is 0.515 e. The standard InChI is InChI=1S/C14H16O3/c1-5-11-7-9-12(10-8-11)16-13(15)17-14(3,4)6-2/h2,7-10H,5H2,1,3-4H3. The summed E-state index contributed by atoms with van der Waals surface area (Å²) < 4.78 is 9.95. The smallest absolute Gasteiger partial charge is 0.415 e. The first-order valence-electron chi connectivity index (χ1n) is 5.44. The molecule has 0 N–H and O–H groups in total. The molecule has 0 aromatic heterocycles. The number of hydrogen-bond acceptors (Lipinski definition) is 3. The Morgan fingerprint density at radius 2 is 1.94 bits per heavy atom. The number of ether oxygens (including phenoxy) is 2. The van der Waals surface area contributed by atoms with Gasteiger partial charge in [-0.2, -0.15) is 0 Å². The molecule has 1 aromatic carbocycles. The zero-order valence-electron chi connectivity index (χ0n) is 10.3. The first-order valence-corrected chi connectivity index (χ1v) is 5.44. The van der Waals surface area contributed by atoms with Crippen LogP contribution in [0.1, 0.15) is 26.3 Å². The molecule has 3 heteroatoms. The molecule has 0 saturated carbocycles. The summed E-state index contributed by atoms with van der Waals surface area (Å²) in [6.07, 6.45) is 5.35. The van der Waals surface area contributed by atoms with Crippen molar-refractivity contribution in [1.29, 1.82) is 0 Å². The molecule has 1 rings (SSSR count). The van der Waals surface area contributed by atoms with E-state index < -0.39 is 11.8 Å². The third-order valence-electron chi connectivity index (χ3n) is 2.22. The normalized spacial score (nSPS) is 10.5. The van der Waals surface area contributed by atoms with E-state index in [-0.39, 0.29) is 0 Å². The number of rotatable bonds is 3. The van der Waals surface area contributed by atoms with Crippen molar-refractivity contribution in [2.75, 3.05) is 0 Å². The Hall–Kier alpha value is -1.95.